The Morgan fingerprint density at radius 1 is 0.306 bits per heavy atom. The van der Waals surface area contributed by atoms with Gasteiger partial charge in [0.25, 0.3) is 0 Å². The summed E-state index contributed by atoms with van der Waals surface area (Å²) in [7, 11) is 0. The number of hydrogen-bond acceptors (Lipinski definition) is 1. The van der Waals surface area contributed by atoms with Gasteiger partial charge in [-0.1, -0.05) is 188 Å². The predicted molar refractivity (Wildman–Crippen MR) is 300 cm³/mol. The molecule has 2 heterocycles. The molecule has 11 aromatic carbocycles. The second-order valence-corrected chi connectivity index (χ2v) is 18.9. The third-order valence-electron chi connectivity index (χ3n) is 15.0. The molecule has 0 saturated carbocycles. The molecular formula is C69H47N3. The van der Waals surface area contributed by atoms with Crippen molar-refractivity contribution in [3.63, 3.8) is 0 Å². The lowest BCUT2D eigenvalue weighted by Gasteiger charge is -2.35. The fraction of sp³-hybridized carbons (Fsp3) is 0.0145. The van der Waals surface area contributed by atoms with E-state index < -0.39 is 5.41 Å². The predicted octanol–water partition coefficient (Wildman–Crippen LogP) is 17.9. The number of anilines is 3. The van der Waals surface area contributed by atoms with Crippen LogP contribution in [0.3, 0.4) is 0 Å². The summed E-state index contributed by atoms with van der Waals surface area (Å²) < 4.78 is 4.71. The van der Waals surface area contributed by atoms with Gasteiger partial charge in [0.05, 0.1) is 22.0 Å². The van der Waals surface area contributed by atoms with Gasteiger partial charge in [-0.15, -0.1) is 0 Å². The van der Waals surface area contributed by atoms with Crippen molar-refractivity contribution >= 4 is 49.8 Å². The van der Waals surface area contributed by atoms with Crippen molar-refractivity contribution < 1.29 is 0 Å². The minimum absolute atomic E-state index is 0.519. The molecule has 0 spiro atoms. The number of fused-ring (bicyclic) bond motifs is 8. The van der Waals surface area contributed by atoms with Crippen LogP contribution in [0.2, 0.25) is 0 Å². The lowest BCUT2D eigenvalue weighted by atomic mass is 9.67. The molecule has 72 heavy (non-hydrogen) atoms. The Morgan fingerprint density at radius 3 is 1.44 bits per heavy atom. The lowest BCUT2D eigenvalue weighted by molar-refractivity contribution is 0.768. The van der Waals surface area contributed by atoms with E-state index in [-0.39, 0.29) is 0 Å². The van der Waals surface area contributed by atoms with Gasteiger partial charge in [-0.3, -0.25) is 0 Å². The Hall–Kier alpha value is -9.44. The minimum atomic E-state index is -0.519. The van der Waals surface area contributed by atoms with Gasteiger partial charge >= 0.3 is 0 Å². The van der Waals surface area contributed by atoms with Gasteiger partial charge < -0.3 is 14.0 Å². The summed E-state index contributed by atoms with van der Waals surface area (Å²) in [5, 5.41) is 3.72. The van der Waals surface area contributed by atoms with Gasteiger partial charge in [-0.05, 0) is 147 Å². The second kappa shape index (κ2) is 16.9. The Bertz CT molecular complexity index is 4060. The van der Waals surface area contributed by atoms with Crippen molar-refractivity contribution in [2.45, 2.75) is 5.41 Å². The first-order valence-electron chi connectivity index (χ1n) is 24.8. The molecule has 2 aromatic heterocycles. The Kier molecular flexibility index (Phi) is 9.75. The number of aromatic nitrogens is 2. The van der Waals surface area contributed by atoms with Crippen LogP contribution in [0.5, 0.6) is 0 Å². The van der Waals surface area contributed by atoms with Crippen molar-refractivity contribution in [2.75, 3.05) is 4.90 Å². The third kappa shape index (κ3) is 6.52. The highest BCUT2D eigenvalue weighted by molar-refractivity contribution is 6.21. The highest BCUT2D eigenvalue weighted by Crippen LogP contribution is 2.57. The number of rotatable bonds is 9. The van der Waals surface area contributed by atoms with Crippen molar-refractivity contribution in [1.82, 2.24) is 9.13 Å². The maximum atomic E-state index is 2.45. The van der Waals surface area contributed by atoms with Crippen molar-refractivity contribution in [2.24, 2.45) is 0 Å². The molecule has 3 heteroatoms. The number of nitrogens with zero attached hydrogens (tertiary/aromatic N) is 3. The summed E-state index contributed by atoms with van der Waals surface area (Å²) in [5.41, 5.74) is 20.9. The molecule has 14 rings (SSSR count). The summed E-state index contributed by atoms with van der Waals surface area (Å²) in [6.45, 7) is 0. The van der Waals surface area contributed by atoms with Crippen molar-refractivity contribution in [3.05, 3.63) is 308 Å². The Balaban J connectivity index is 0.930. The maximum Gasteiger partial charge on any atom is 0.0714 e. The smallest absolute Gasteiger partial charge is 0.0714 e. The molecule has 338 valence electrons. The summed E-state index contributed by atoms with van der Waals surface area (Å²) >= 11 is 0. The molecule has 13 aromatic rings. The van der Waals surface area contributed by atoms with Gasteiger partial charge in [-0.2, -0.15) is 0 Å². The Labute approximate surface area is 419 Å². The molecule has 0 unspecified atom stereocenters. The molecule has 0 saturated heterocycles. The normalized spacial score (nSPS) is 12.6. The molecule has 0 N–H and O–H groups in total. The van der Waals surface area contributed by atoms with E-state index in [4.69, 9.17) is 0 Å². The van der Waals surface area contributed by atoms with Crippen LogP contribution in [0.25, 0.3) is 77.5 Å². The van der Waals surface area contributed by atoms with Crippen LogP contribution < -0.4 is 4.90 Å². The molecule has 0 aliphatic heterocycles. The van der Waals surface area contributed by atoms with Crippen LogP contribution in [0.1, 0.15) is 22.3 Å². The lowest BCUT2D eigenvalue weighted by Crippen LogP contribution is -2.28. The summed E-state index contributed by atoms with van der Waals surface area (Å²) in [5.74, 6) is 0. The molecule has 0 radical (unpaired) electrons. The molecule has 3 nitrogen and oxygen atoms in total. The fourth-order valence-corrected chi connectivity index (χ4v) is 11.8. The molecule has 0 fully saturated rings. The minimum Gasteiger partial charge on any atom is -0.317 e. The van der Waals surface area contributed by atoms with Crippen LogP contribution in [0, 0.1) is 0 Å². The van der Waals surface area contributed by atoms with E-state index >= 15 is 0 Å². The Morgan fingerprint density at radius 2 is 0.792 bits per heavy atom. The zero-order chi connectivity index (χ0) is 47.6. The summed E-state index contributed by atoms with van der Waals surface area (Å²) in [6, 6.07) is 102. The quantitative estimate of drug-likeness (QED) is 0.141. The van der Waals surface area contributed by atoms with Crippen LogP contribution in [-0.2, 0) is 5.41 Å². The van der Waals surface area contributed by atoms with Crippen LogP contribution in [0.4, 0.5) is 17.1 Å². The fourth-order valence-electron chi connectivity index (χ4n) is 11.8. The number of benzene rings is 11. The van der Waals surface area contributed by atoms with Crippen LogP contribution >= 0.6 is 0 Å². The highest BCUT2D eigenvalue weighted by Gasteiger charge is 2.46. The average Bonchev–Trinajstić information content (AvgIpc) is 4.14. The zero-order valence-corrected chi connectivity index (χ0v) is 39.5. The van der Waals surface area contributed by atoms with E-state index in [1.165, 1.54) is 82.8 Å². The molecular weight excluding hydrogens is 871 g/mol. The van der Waals surface area contributed by atoms with E-state index in [1.54, 1.807) is 0 Å². The molecule has 0 amide bonds. The molecule has 1 aliphatic carbocycles. The molecule has 1 aliphatic rings. The van der Waals surface area contributed by atoms with E-state index in [0.717, 1.165) is 34.0 Å². The average molecular weight is 918 g/mol. The summed E-state index contributed by atoms with van der Waals surface area (Å²) in [6.07, 6.45) is 2.21. The van der Waals surface area contributed by atoms with Gasteiger partial charge in [0, 0.05) is 50.8 Å². The van der Waals surface area contributed by atoms with Crippen molar-refractivity contribution in [1.29, 1.82) is 0 Å². The van der Waals surface area contributed by atoms with E-state index in [0.29, 0.717) is 0 Å². The zero-order valence-electron chi connectivity index (χ0n) is 39.5. The van der Waals surface area contributed by atoms with E-state index in [2.05, 4.69) is 299 Å². The van der Waals surface area contributed by atoms with E-state index in [9.17, 15) is 0 Å². The number of hydrogen-bond donors (Lipinski definition) is 0. The highest BCUT2D eigenvalue weighted by atomic mass is 15.1. The largest absolute Gasteiger partial charge is 0.317 e. The second-order valence-electron chi connectivity index (χ2n) is 18.9. The first-order chi connectivity index (χ1) is 35.7. The van der Waals surface area contributed by atoms with Crippen LogP contribution in [-0.4, -0.2) is 9.13 Å². The van der Waals surface area contributed by atoms with Gasteiger partial charge in [0.15, 0.2) is 0 Å². The first kappa shape index (κ1) is 41.5. The first-order valence-corrected chi connectivity index (χ1v) is 24.8. The molecule has 0 atom stereocenters. The summed E-state index contributed by atoms with van der Waals surface area (Å²) in [4.78, 5) is 2.42. The van der Waals surface area contributed by atoms with E-state index in [1.807, 2.05) is 0 Å². The van der Waals surface area contributed by atoms with Crippen LogP contribution in [0.15, 0.2) is 285 Å². The topological polar surface area (TPSA) is 13.1 Å². The third-order valence-corrected chi connectivity index (χ3v) is 15.0. The van der Waals surface area contributed by atoms with Gasteiger partial charge in [-0.25, -0.2) is 0 Å². The van der Waals surface area contributed by atoms with Gasteiger partial charge in [0.1, 0.15) is 0 Å². The SMILES string of the molecule is c1ccc(-c2ccc(N(c3ccc(-c4ccc5c(c4)c4c6ccn(-c7ccccc7)c6ccc4n5-c4ccccc4)cc3)c3ccc4c(c3)C(c3ccccc3)(c3ccccc3)c3ccccc3-4)cc2)cc1. The van der Waals surface area contributed by atoms with Crippen molar-refractivity contribution in [3.8, 4) is 44.8 Å². The molecule has 0 bridgehead atoms. The van der Waals surface area contributed by atoms with Gasteiger partial charge in [0.2, 0.25) is 0 Å². The standard InChI is InChI=1S/C69H47N3/c1-6-18-48(19-7-1)49-30-35-56(36-31-49)71(58-39-40-60-59-28-16-17-29-63(59)69(64(60)47-58,52-20-8-2-9-21-52)53-22-10-3-11-23-53)57-37-32-50(33-38-57)51-34-41-66-62(46-51)68-61-44-45-70(54-24-12-4-13-25-54)65(61)42-43-67(68)72(66)55-26-14-5-15-27-55/h1-47H. The maximum absolute atomic E-state index is 2.45. The monoisotopic (exact) mass is 917 g/mol. The number of para-hydroxylation sites is 2.